The minimum atomic E-state index is -4.75. The number of amides is 4. The molecule has 1 aliphatic carbocycles. The molecule has 218 valence electrons. The number of ether oxygens (including phenoxy) is 1. The van der Waals surface area contributed by atoms with Crippen LogP contribution in [0, 0.1) is 5.82 Å². The molecule has 2 unspecified atom stereocenters. The molecule has 12 heteroatoms. The summed E-state index contributed by atoms with van der Waals surface area (Å²) >= 11 is 0. The molecule has 1 spiro atoms. The number of nitrogens with two attached hydrogens (primary N) is 1. The van der Waals surface area contributed by atoms with Crippen molar-refractivity contribution in [3.8, 4) is 11.1 Å². The summed E-state index contributed by atoms with van der Waals surface area (Å²) in [5, 5.41) is 2.10. The largest absolute Gasteiger partial charge is 0.427 e. The van der Waals surface area contributed by atoms with Gasteiger partial charge in [0.2, 0.25) is 17.4 Å². The fraction of sp³-hybridized carbons (Fsp3) is 0.267. The van der Waals surface area contributed by atoms with E-state index in [0.717, 1.165) is 19.1 Å². The summed E-state index contributed by atoms with van der Waals surface area (Å²) in [6.07, 6.45) is -6.32. The van der Waals surface area contributed by atoms with Crippen LogP contribution in [0.4, 0.5) is 22.4 Å². The molecule has 0 saturated carbocycles. The average molecular weight is 584 g/mol. The molecule has 3 atom stereocenters. The minimum Gasteiger partial charge on any atom is -0.427 e. The quantitative estimate of drug-likeness (QED) is 0.383. The van der Waals surface area contributed by atoms with E-state index in [1.54, 1.807) is 36.4 Å². The topological polar surface area (TPSA) is 119 Å². The lowest BCUT2D eigenvalue weighted by Gasteiger charge is -2.32. The number of carbonyl (C=O) groups is 4. The maximum atomic E-state index is 13.8. The highest BCUT2D eigenvalue weighted by Crippen LogP contribution is 2.51. The van der Waals surface area contributed by atoms with Crippen LogP contribution in [-0.2, 0) is 26.5 Å². The normalized spacial score (nSPS) is 20.2. The number of nitrogens with one attached hydrogen (secondary N) is 1. The number of halogens is 4. The fourth-order valence-corrected chi connectivity index (χ4v) is 5.52. The Labute approximate surface area is 237 Å². The van der Waals surface area contributed by atoms with Crippen molar-refractivity contribution in [1.82, 2.24) is 10.2 Å². The van der Waals surface area contributed by atoms with Gasteiger partial charge in [0.15, 0.2) is 0 Å². The molecule has 1 heterocycles. The first-order chi connectivity index (χ1) is 19.8. The Bertz CT molecular complexity index is 1590. The molecule has 1 aliphatic heterocycles. The van der Waals surface area contributed by atoms with Crippen LogP contribution in [-0.4, -0.2) is 40.9 Å². The smallest absolute Gasteiger partial charge is 0.415 e. The monoisotopic (exact) mass is 583 g/mol. The summed E-state index contributed by atoms with van der Waals surface area (Å²) in [6.45, 7) is 0.432. The molecule has 42 heavy (non-hydrogen) atoms. The Hall–Kier alpha value is -4.74. The van der Waals surface area contributed by atoms with Crippen LogP contribution in [0.25, 0.3) is 11.1 Å². The molecule has 2 aliphatic rings. The Morgan fingerprint density at radius 3 is 2.38 bits per heavy atom. The first-order valence-electron chi connectivity index (χ1n) is 13.0. The van der Waals surface area contributed by atoms with Crippen LogP contribution < -0.4 is 11.1 Å². The number of fused-ring (bicyclic) bond motifs is 2. The molecule has 3 aromatic carbocycles. The van der Waals surface area contributed by atoms with Gasteiger partial charge in [-0.25, -0.2) is 9.18 Å². The van der Waals surface area contributed by atoms with Gasteiger partial charge in [-0.15, -0.1) is 0 Å². The maximum absolute atomic E-state index is 13.8. The predicted molar refractivity (Wildman–Crippen MR) is 141 cm³/mol. The minimum absolute atomic E-state index is 0.165. The molecule has 8 nitrogen and oxygen atoms in total. The lowest BCUT2D eigenvalue weighted by atomic mass is 9.92. The van der Waals surface area contributed by atoms with Gasteiger partial charge in [-0.2, -0.15) is 13.2 Å². The summed E-state index contributed by atoms with van der Waals surface area (Å²) in [5.74, 6) is -3.62. The molecule has 1 saturated heterocycles. The van der Waals surface area contributed by atoms with Crippen LogP contribution in [0.2, 0.25) is 0 Å². The molecule has 4 amide bonds. The number of alkyl carbamates (subject to hydrolysis) is 1. The molecule has 0 bridgehead atoms. The number of nitrogens with zero attached hydrogens (tertiary/aromatic N) is 1. The zero-order valence-corrected chi connectivity index (χ0v) is 22.2. The Kier molecular flexibility index (Phi) is 7.25. The summed E-state index contributed by atoms with van der Waals surface area (Å²) in [5.41, 5.74) is 6.14. The standard InChI is InChI=1S/C30H25F4N3O5/c1-16(30(32,33)34)37(15-17-5-8-22(31)9-6-17)25(38)13-21-14-29(27(40)36-28(41)42-29)24-10-7-19(12-23(21)24)18-3-2-4-20(11-18)26(35)39/h2-12,16,21H,13-15H2,1H3,(H2,35,39)(H,36,40,41)/t16?,21?,29-/m1/s1. The van der Waals surface area contributed by atoms with Gasteiger partial charge in [0.25, 0.3) is 5.91 Å². The van der Waals surface area contributed by atoms with Crippen molar-refractivity contribution in [3.63, 3.8) is 0 Å². The molecular weight excluding hydrogens is 558 g/mol. The molecule has 0 radical (unpaired) electrons. The summed E-state index contributed by atoms with van der Waals surface area (Å²) < 4.78 is 60.4. The number of carbonyl (C=O) groups excluding carboxylic acids is 4. The maximum Gasteiger partial charge on any atom is 0.415 e. The molecule has 0 aromatic heterocycles. The number of imide groups is 1. The molecule has 1 fully saturated rings. The Balaban J connectivity index is 1.53. The van der Waals surface area contributed by atoms with Crippen LogP contribution in [0.15, 0.2) is 66.7 Å². The Morgan fingerprint density at radius 2 is 1.76 bits per heavy atom. The van der Waals surface area contributed by atoms with E-state index in [9.17, 15) is 36.7 Å². The number of primary amides is 1. The second kappa shape index (κ2) is 10.6. The van der Waals surface area contributed by atoms with E-state index >= 15 is 0 Å². The first kappa shape index (κ1) is 28.8. The predicted octanol–water partition coefficient (Wildman–Crippen LogP) is 4.91. The lowest BCUT2D eigenvalue weighted by molar-refractivity contribution is -0.187. The zero-order valence-electron chi connectivity index (χ0n) is 22.2. The molecule has 5 rings (SSSR count). The van der Waals surface area contributed by atoms with Crippen molar-refractivity contribution in [2.24, 2.45) is 5.73 Å². The van der Waals surface area contributed by atoms with E-state index in [1.165, 1.54) is 18.2 Å². The lowest BCUT2D eigenvalue weighted by Crippen LogP contribution is -2.46. The van der Waals surface area contributed by atoms with Crippen LogP contribution >= 0.6 is 0 Å². The summed E-state index contributed by atoms with van der Waals surface area (Å²) in [6, 6.07) is 13.9. The van der Waals surface area contributed by atoms with Crippen molar-refractivity contribution in [2.75, 3.05) is 0 Å². The van der Waals surface area contributed by atoms with Crippen LogP contribution in [0.1, 0.15) is 52.7 Å². The van der Waals surface area contributed by atoms with Crippen molar-refractivity contribution in [1.29, 1.82) is 0 Å². The van der Waals surface area contributed by atoms with Gasteiger partial charge >= 0.3 is 12.3 Å². The fourth-order valence-electron chi connectivity index (χ4n) is 5.52. The van der Waals surface area contributed by atoms with Crippen LogP contribution in [0.3, 0.4) is 0 Å². The van der Waals surface area contributed by atoms with Gasteiger partial charge in [-0.05, 0) is 59.4 Å². The highest BCUT2D eigenvalue weighted by Gasteiger charge is 2.57. The number of alkyl halides is 3. The van der Waals surface area contributed by atoms with E-state index in [-0.39, 0.29) is 12.0 Å². The molecular formula is C30H25F4N3O5. The molecule has 3 N–H and O–H groups in total. The van der Waals surface area contributed by atoms with E-state index in [2.05, 4.69) is 5.32 Å². The highest BCUT2D eigenvalue weighted by atomic mass is 19.4. The van der Waals surface area contributed by atoms with E-state index in [1.807, 2.05) is 0 Å². The number of hydrogen-bond acceptors (Lipinski definition) is 5. The van der Waals surface area contributed by atoms with Crippen molar-refractivity contribution in [3.05, 3.63) is 94.8 Å². The third-order valence-corrected chi connectivity index (χ3v) is 7.74. The summed E-state index contributed by atoms with van der Waals surface area (Å²) in [7, 11) is 0. The van der Waals surface area contributed by atoms with Crippen molar-refractivity contribution < 1.29 is 41.5 Å². The van der Waals surface area contributed by atoms with Gasteiger partial charge in [-0.3, -0.25) is 19.7 Å². The Morgan fingerprint density at radius 1 is 1.07 bits per heavy atom. The number of benzene rings is 3. The number of rotatable bonds is 7. The third kappa shape index (κ3) is 5.31. The van der Waals surface area contributed by atoms with Gasteiger partial charge in [0.05, 0.1) is 0 Å². The van der Waals surface area contributed by atoms with Crippen molar-refractivity contribution in [2.45, 2.75) is 50.0 Å². The zero-order chi connectivity index (χ0) is 30.4. The second-order valence-corrected chi connectivity index (χ2v) is 10.4. The van der Waals surface area contributed by atoms with E-state index in [4.69, 9.17) is 10.5 Å². The second-order valence-electron chi connectivity index (χ2n) is 10.4. The van der Waals surface area contributed by atoms with Gasteiger partial charge < -0.3 is 15.4 Å². The summed E-state index contributed by atoms with van der Waals surface area (Å²) in [4.78, 5) is 50.9. The van der Waals surface area contributed by atoms with Gasteiger partial charge in [-0.1, -0.05) is 42.5 Å². The van der Waals surface area contributed by atoms with Gasteiger partial charge in [0.1, 0.15) is 11.9 Å². The third-order valence-electron chi connectivity index (χ3n) is 7.74. The molecule has 3 aromatic rings. The van der Waals surface area contributed by atoms with E-state index in [0.29, 0.717) is 32.7 Å². The van der Waals surface area contributed by atoms with Crippen LogP contribution in [0.5, 0.6) is 0 Å². The highest BCUT2D eigenvalue weighted by molar-refractivity contribution is 6.04. The average Bonchev–Trinajstić information content (AvgIpc) is 3.40. The first-order valence-corrected chi connectivity index (χ1v) is 13.0. The van der Waals surface area contributed by atoms with E-state index < -0.39 is 66.3 Å². The van der Waals surface area contributed by atoms with Gasteiger partial charge in [0, 0.05) is 30.5 Å². The number of hydrogen-bond donors (Lipinski definition) is 2. The SMILES string of the molecule is CC(N(Cc1ccc(F)cc1)C(=O)CC1C[C@@]2(OC(=O)NC2=O)c2ccc(-c3cccc(C(N)=O)c3)cc21)C(F)(F)F. The van der Waals surface area contributed by atoms with Crippen molar-refractivity contribution >= 4 is 23.8 Å².